The van der Waals surface area contributed by atoms with E-state index in [-0.39, 0.29) is 30.9 Å². The van der Waals surface area contributed by atoms with Crippen LogP contribution >= 0.6 is 0 Å². The van der Waals surface area contributed by atoms with Gasteiger partial charge in [0.25, 0.3) is 5.91 Å². The molecule has 0 aliphatic carbocycles. The molecule has 7 nitrogen and oxygen atoms in total. The monoisotopic (exact) mass is 441 g/mol. The molecule has 0 bridgehead atoms. The maximum atomic E-state index is 13.4. The van der Waals surface area contributed by atoms with E-state index in [0.717, 1.165) is 0 Å². The lowest BCUT2D eigenvalue weighted by molar-refractivity contribution is -0.143. The average molecular weight is 442 g/mol. The summed E-state index contributed by atoms with van der Waals surface area (Å²) in [6, 6.07) is 14.2. The summed E-state index contributed by atoms with van der Waals surface area (Å²) in [5, 5.41) is 8.18. The molecule has 31 heavy (non-hydrogen) atoms. The van der Waals surface area contributed by atoms with Crippen LogP contribution in [0.5, 0.6) is 5.75 Å². The van der Waals surface area contributed by atoms with Crippen molar-refractivity contribution in [3.05, 3.63) is 60.2 Å². The fraction of sp³-hybridized carbons (Fsp3) is 0.304. The molecule has 8 heteroatoms. The van der Waals surface area contributed by atoms with Crippen molar-refractivity contribution >= 4 is 21.7 Å². The van der Waals surface area contributed by atoms with Crippen LogP contribution in [0.3, 0.4) is 0 Å². The molecule has 0 saturated carbocycles. The lowest BCUT2D eigenvalue weighted by Crippen LogP contribution is -2.51. The summed E-state index contributed by atoms with van der Waals surface area (Å²) < 4.78 is 32.3. The number of rotatable bonds is 6. The van der Waals surface area contributed by atoms with Crippen LogP contribution in [0.1, 0.15) is 30.1 Å². The lowest BCUT2D eigenvalue weighted by Gasteiger charge is -2.37. The Hall–Kier alpha value is -3.31. The van der Waals surface area contributed by atoms with Crippen molar-refractivity contribution in [1.82, 2.24) is 4.90 Å². The van der Waals surface area contributed by atoms with E-state index in [1.807, 2.05) is 0 Å². The van der Waals surface area contributed by atoms with Crippen LogP contribution in [0.15, 0.2) is 59.5 Å². The third kappa shape index (κ3) is 5.06. The van der Waals surface area contributed by atoms with Gasteiger partial charge in [-0.3, -0.25) is 9.59 Å². The fourth-order valence-electron chi connectivity index (χ4n) is 3.50. The molecule has 1 saturated heterocycles. The van der Waals surface area contributed by atoms with Crippen LogP contribution in [0.2, 0.25) is 0 Å². The molecule has 1 fully saturated rings. The van der Waals surface area contributed by atoms with Gasteiger partial charge in [0, 0.05) is 12.1 Å². The minimum atomic E-state index is -4.01. The second kappa shape index (κ2) is 9.67. The van der Waals surface area contributed by atoms with Gasteiger partial charge in [-0.2, -0.15) is 0 Å². The number of carboxylic acid groups (broad SMARTS) is 1. The highest BCUT2D eigenvalue weighted by Crippen LogP contribution is 2.32. The maximum absolute atomic E-state index is 13.4. The Bertz CT molecular complexity index is 1100. The molecule has 2 unspecified atom stereocenters. The van der Waals surface area contributed by atoms with Gasteiger partial charge in [-0.05, 0) is 56.2 Å². The summed E-state index contributed by atoms with van der Waals surface area (Å²) in [5.41, 5.74) is 0.359. The second-order valence-electron chi connectivity index (χ2n) is 7.11. The summed E-state index contributed by atoms with van der Waals surface area (Å²) in [6.45, 7) is 1.92. The lowest BCUT2D eigenvalue weighted by atomic mass is 9.96. The number of carbonyl (C=O) groups is 2. The highest BCUT2D eigenvalue weighted by molar-refractivity contribution is 7.92. The Labute approximate surface area is 181 Å². The van der Waals surface area contributed by atoms with E-state index in [1.54, 1.807) is 37.3 Å². The molecule has 1 heterocycles. The number of nitrogens with zero attached hydrogens (tertiary/aromatic N) is 1. The van der Waals surface area contributed by atoms with Crippen molar-refractivity contribution in [1.29, 1.82) is 0 Å². The van der Waals surface area contributed by atoms with Gasteiger partial charge in [0.2, 0.25) is 0 Å². The van der Waals surface area contributed by atoms with Gasteiger partial charge in [0.15, 0.2) is 9.84 Å². The van der Waals surface area contributed by atoms with E-state index in [1.165, 1.54) is 29.2 Å². The minimum absolute atomic E-state index is 0.00308. The van der Waals surface area contributed by atoms with E-state index in [0.29, 0.717) is 11.3 Å². The van der Waals surface area contributed by atoms with Crippen LogP contribution in [0, 0.1) is 17.8 Å². The predicted octanol–water partition coefficient (Wildman–Crippen LogP) is 2.83. The third-order valence-corrected chi connectivity index (χ3v) is 7.27. The molecular weight excluding hydrogens is 418 g/mol. The molecule has 2 aromatic carbocycles. The summed E-state index contributed by atoms with van der Waals surface area (Å²) >= 11 is 0. The normalized spacial score (nSPS) is 18.5. The van der Waals surface area contributed by atoms with Crippen molar-refractivity contribution in [3.63, 3.8) is 0 Å². The Balaban J connectivity index is 1.91. The first-order chi connectivity index (χ1) is 14.8. The zero-order valence-corrected chi connectivity index (χ0v) is 17.8. The van der Waals surface area contributed by atoms with Crippen LogP contribution in [-0.2, 0) is 14.6 Å². The number of aliphatic carboxylic acids is 1. The molecule has 0 radical (unpaired) electrons. The van der Waals surface area contributed by atoms with Crippen LogP contribution in [-0.4, -0.2) is 48.8 Å². The molecule has 162 valence electrons. The van der Waals surface area contributed by atoms with E-state index in [2.05, 4.69) is 11.8 Å². The van der Waals surface area contributed by atoms with Gasteiger partial charge in [0.05, 0.1) is 10.8 Å². The largest absolute Gasteiger partial charge is 0.481 e. The Morgan fingerprint density at radius 2 is 1.81 bits per heavy atom. The fourth-order valence-corrected chi connectivity index (χ4v) is 5.35. The number of amides is 1. The van der Waals surface area contributed by atoms with Crippen molar-refractivity contribution in [2.45, 2.75) is 30.0 Å². The summed E-state index contributed by atoms with van der Waals surface area (Å²) in [4.78, 5) is 25.9. The van der Waals surface area contributed by atoms with E-state index in [9.17, 15) is 23.1 Å². The number of piperidine rings is 1. The van der Waals surface area contributed by atoms with Crippen molar-refractivity contribution < 1.29 is 27.9 Å². The molecule has 1 N–H and O–H groups in total. The first kappa shape index (κ1) is 22.4. The predicted molar refractivity (Wildman–Crippen MR) is 114 cm³/mol. The van der Waals surface area contributed by atoms with E-state index in [4.69, 9.17) is 4.74 Å². The molecule has 1 aliphatic rings. The summed E-state index contributed by atoms with van der Waals surface area (Å²) in [7, 11) is -4.01. The summed E-state index contributed by atoms with van der Waals surface area (Å²) in [6.07, 6.45) is 0.0335. The van der Waals surface area contributed by atoms with Gasteiger partial charge >= 0.3 is 5.97 Å². The number of hydrogen-bond acceptors (Lipinski definition) is 5. The number of ether oxygens (including phenoxy) is 1. The standard InChI is InChI=1S/C23H23NO6S/c1-2-3-15-30-19-9-11-20(12-10-19)31(28,29)21-16-18(23(26)27)13-14-24(21)22(25)17-7-5-4-6-8-17/h4-12,18,21H,13-16H2,1H3,(H,26,27). The van der Waals surface area contributed by atoms with Crippen LogP contribution < -0.4 is 4.74 Å². The highest BCUT2D eigenvalue weighted by atomic mass is 32.2. The Morgan fingerprint density at radius 3 is 2.42 bits per heavy atom. The van der Waals surface area contributed by atoms with Crippen molar-refractivity contribution in [2.24, 2.45) is 5.92 Å². The number of sulfone groups is 1. The van der Waals surface area contributed by atoms with E-state index < -0.39 is 33.0 Å². The van der Waals surface area contributed by atoms with Gasteiger partial charge in [-0.25, -0.2) is 8.42 Å². The Kier molecular flexibility index (Phi) is 6.98. The minimum Gasteiger partial charge on any atom is -0.481 e. The van der Waals surface area contributed by atoms with Crippen LogP contribution in [0.4, 0.5) is 0 Å². The molecule has 1 amide bonds. The quantitative estimate of drug-likeness (QED) is 0.692. The molecule has 1 aliphatic heterocycles. The average Bonchev–Trinajstić information content (AvgIpc) is 2.79. The molecule has 2 atom stereocenters. The van der Waals surface area contributed by atoms with Crippen molar-refractivity contribution in [2.75, 3.05) is 13.2 Å². The summed E-state index contributed by atoms with van der Waals surface area (Å²) in [5.74, 6) is 3.58. The number of carbonyl (C=O) groups excluding carboxylic acids is 1. The number of benzene rings is 2. The zero-order chi connectivity index (χ0) is 22.4. The van der Waals surface area contributed by atoms with Crippen molar-refractivity contribution in [3.8, 4) is 17.6 Å². The van der Waals surface area contributed by atoms with Gasteiger partial charge in [-0.15, -0.1) is 5.92 Å². The highest BCUT2D eigenvalue weighted by Gasteiger charge is 2.42. The zero-order valence-electron chi connectivity index (χ0n) is 17.0. The Morgan fingerprint density at radius 1 is 1.13 bits per heavy atom. The smallest absolute Gasteiger partial charge is 0.306 e. The van der Waals surface area contributed by atoms with Gasteiger partial charge < -0.3 is 14.7 Å². The molecule has 0 aromatic heterocycles. The molecule has 0 spiro atoms. The number of hydrogen-bond donors (Lipinski definition) is 1. The molecule has 2 aromatic rings. The SMILES string of the molecule is CC#CCOc1ccc(S(=O)(=O)C2CC(C(=O)O)CCN2C(=O)c2ccccc2)cc1. The number of carboxylic acids is 1. The maximum Gasteiger partial charge on any atom is 0.306 e. The topological polar surface area (TPSA) is 101 Å². The van der Waals surface area contributed by atoms with E-state index >= 15 is 0 Å². The molecule has 3 rings (SSSR count). The first-order valence-electron chi connectivity index (χ1n) is 9.79. The van der Waals surface area contributed by atoms with Crippen LogP contribution in [0.25, 0.3) is 0 Å². The first-order valence-corrected chi connectivity index (χ1v) is 11.3. The second-order valence-corrected chi connectivity index (χ2v) is 9.22. The third-order valence-electron chi connectivity index (χ3n) is 5.18. The van der Waals surface area contributed by atoms with Gasteiger partial charge in [-0.1, -0.05) is 24.1 Å². The van der Waals surface area contributed by atoms with Gasteiger partial charge in [0.1, 0.15) is 17.7 Å². The number of likely N-dealkylation sites (tertiary alicyclic amines) is 1. The molecular formula is C23H23NO6S.